The molecular formula is C22H25P2+. The summed E-state index contributed by atoms with van der Waals surface area (Å²) in [4.78, 5) is 0. The fourth-order valence-electron chi connectivity index (χ4n) is 2.97. The van der Waals surface area contributed by atoms with E-state index in [1.807, 2.05) is 0 Å². The second-order valence-electron chi connectivity index (χ2n) is 7.19. The molecule has 122 valence electrons. The van der Waals surface area contributed by atoms with E-state index in [2.05, 4.69) is 115 Å². The standard InChI is InChI=1S/C22H25P2/c1-22(2,3)18-14-16-21(17-15-18)24(23,19-10-6-4-7-11-19)20-12-8-5-9-13-20/h4-17H,23H2,1-3H3/q+1. The maximum Gasteiger partial charge on any atom is 0.124 e. The maximum atomic E-state index is 3.22. The summed E-state index contributed by atoms with van der Waals surface area (Å²) >= 11 is 0. The van der Waals surface area contributed by atoms with Gasteiger partial charge in [0.05, 0.1) is 0 Å². The summed E-state index contributed by atoms with van der Waals surface area (Å²) in [5.74, 6) is 0. The first-order chi connectivity index (χ1) is 11.4. The Balaban J connectivity index is 2.16. The molecule has 3 rings (SSSR count). The Labute approximate surface area is 148 Å². The van der Waals surface area contributed by atoms with Crippen LogP contribution >= 0.6 is 15.9 Å². The Morgan fingerprint density at radius 1 is 0.583 bits per heavy atom. The van der Waals surface area contributed by atoms with Crippen LogP contribution in [0.4, 0.5) is 0 Å². The van der Waals surface area contributed by atoms with Crippen LogP contribution in [0.1, 0.15) is 26.3 Å². The summed E-state index contributed by atoms with van der Waals surface area (Å²) in [6, 6.07) is 31.0. The molecule has 0 aliphatic rings. The second-order valence-corrected chi connectivity index (χ2v) is 12.5. The van der Waals surface area contributed by atoms with Crippen LogP contribution in [0, 0.1) is 0 Å². The minimum Gasteiger partial charge on any atom is -0.0620 e. The molecule has 0 nitrogen and oxygen atoms in total. The largest absolute Gasteiger partial charge is 0.124 e. The fraction of sp³-hybridized carbons (Fsp3) is 0.182. The van der Waals surface area contributed by atoms with Crippen molar-refractivity contribution in [1.82, 2.24) is 0 Å². The smallest absolute Gasteiger partial charge is 0.0620 e. The highest BCUT2D eigenvalue weighted by Gasteiger charge is 2.40. The van der Waals surface area contributed by atoms with E-state index < -0.39 is 6.95 Å². The molecule has 0 saturated carbocycles. The van der Waals surface area contributed by atoms with Gasteiger partial charge >= 0.3 is 0 Å². The summed E-state index contributed by atoms with van der Waals surface area (Å²) in [5, 5.41) is 4.19. The van der Waals surface area contributed by atoms with Crippen LogP contribution < -0.4 is 15.9 Å². The third-order valence-corrected chi connectivity index (χ3v) is 10.5. The van der Waals surface area contributed by atoms with E-state index in [0.29, 0.717) is 0 Å². The number of hydrogen-bond acceptors (Lipinski definition) is 0. The van der Waals surface area contributed by atoms with E-state index in [-0.39, 0.29) is 5.41 Å². The van der Waals surface area contributed by atoms with Crippen LogP contribution in [-0.4, -0.2) is 0 Å². The molecule has 3 aromatic rings. The summed E-state index contributed by atoms with van der Waals surface area (Å²) in [6.45, 7) is 5.11. The lowest BCUT2D eigenvalue weighted by molar-refractivity contribution is 0.590. The van der Waals surface area contributed by atoms with Crippen molar-refractivity contribution < 1.29 is 0 Å². The molecule has 0 spiro atoms. The molecule has 0 fully saturated rings. The predicted octanol–water partition coefficient (Wildman–Crippen LogP) is 5.07. The monoisotopic (exact) mass is 351 g/mol. The first-order valence-corrected chi connectivity index (χ1v) is 11.7. The Hall–Kier alpha value is -1.48. The van der Waals surface area contributed by atoms with Gasteiger partial charge in [-0.1, -0.05) is 69.3 Å². The van der Waals surface area contributed by atoms with Gasteiger partial charge in [-0.25, -0.2) is 0 Å². The molecule has 0 amide bonds. The third-order valence-electron chi connectivity index (χ3n) is 4.47. The highest BCUT2D eigenvalue weighted by atomic mass is 32.1. The Morgan fingerprint density at radius 3 is 1.33 bits per heavy atom. The van der Waals surface area contributed by atoms with E-state index in [0.717, 1.165) is 0 Å². The van der Waals surface area contributed by atoms with Crippen molar-refractivity contribution in [3.8, 4) is 0 Å². The van der Waals surface area contributed by atoms with Gasteiger partial charge in [0.15, 0.2) is 0 Å². The second kappa shape index (κ2) is 6.79. The highest BCUT2D eigenvalue weighted by molar-refractivity contribution is 8.36. The van der Waals surface area contributed by atoms with Gasteiger partial charge in [-0.05, 0) is 47.4 Å². The summed E-state index contributed by atoms with van der Waals surface area (Å²) < 4.78 is 0. The van der Waals surface area contributed by atoms with Crippen LogP contribution in [-0.2, 0) is 5.41 Å². The van der Waals surface area contributed by atoms with Crippen molar-refractivity contribution in [3.63, 3.8) is 0 Å². The molecule has 2 heteroatoms. The molecule has 0 radical (unpaired) electrons. The van der Waals surface area contributed by atoms with Gasteiger partial charge in [-0.15, -0.1) is 0 Å². The zero-order chi connectivity index (χ0) is 17.2. The van der Waals surface area contributed by atoms with Crippen molar-refractivity contribution >= 4 is 31.8 Å². The van der Waals surface area contributed by atoms with Gasteiger partial charge < -0.3 is 0 Å². The Bertz CT molecular complexity index is 745. The van der Waals surface area contributed by atoms with E-state index in [4.69, 9.17) is 0 Å². The molecule has 0 N–H and O–H groups in total. The SMILES string of the molecule is CC(C)(C)c1ccc([P+](P)(c2ccccc2)c2ccccc2)cc1. The van der Waals surface area contributed by atoms with Crippen molar-refractivity contribution in [2.24, 2.45) is 0 Å². The molecule has 3 aromatic carbocycles. The Kier molecular flexibility index (Phi) is 4.91. The maximum absolute atomic E-state index is 3.22. The molecule has 1 atom stereocenters. The zero-order valence-electron chi connectivity index (χ0n) is 14.6. The van der Waals surface area contributed by atoms with Crippen LogP contribution in [0.3, 0.4) is 0 Å². The van der Waals surface area contributed by atoms with E-state index in [1.54, 1.807) is 0 Å². The van der Waals surface area contributed by atoms with Gasteiger partial charge in [0.25, 0.3) is 0 Å². The summed E-state index contributed by atoms with van der Waals surface area (Å²) in [7, 11) is 3.22. The molecule has 0 bridgehead atoms. The molecule has 0 aliphatic carbocycles. The molecule has 24 heavy (non-hydrogen) atoms. The molecule has 0 saturated heterocycles. The van der Waals surface area contributed by atoms with Crippen LogP contribution in [0.2, 0.25) is 0 Å². The van der Waals surface area contributed by atoms with Crippen LogP contribution in [0.15, 0.2) is 84.9 Å². The van der Waals surface area contributed by atoms with Crippen molar-refractivity contribution in [1.29, 1.82) is 0 Å². The molecule has 0 heterocycles. The average Bonchev–Trinajstić information content (AvgIpc) is 2.62. The van der Waals surface area contributed by atoms with Crippen LogP contribution in [0.25, 0.3) is 0 Å². The van der Waals surface area contributed by atoms with Crippen LogP contribution in [0.5, 0.6) is 0 Å². The quantitative estimate of drug-likeness (QED) is 0.578. The van der Waals surface area contributed by atoms with Gasteiger partial charge in [0.1, 0.15) is 22.9 Å². The summed E-state index contributed by atoms with van der Waals surface area (Å²) in [6.07, 6.45) is 0. The third kappa shape index (κ3) is 3.32. The lowest BCUT2D eigenvalue weighted by atomic mass is 9.87. The van der Waals surface area contributed by atoms with E-state index in [9.17, 15) is 0 Å². The molecule has 0 aliphatic heterocycles. The fourth-order valence-corrected chi connectivity index (χ4v) is 7.32. The first kappa shape index (κ1) is 17.3. The molecule has 0 aromatic heterocycles. The Morgan fingerprint density at radius 2 is 0.958 bits per heavy atom. The highest BCUT2D eigenvalue weighted by Crippen LogP contribution is 2.62. The van der Waals surface area contributed by atoms with Gasteiger partial charge in [-0.3, -0.25) is 0 Å². The van der Waals surface area contributed by atoms with Gasteiger partial charge in [-0.2, -0.15) is 0 Å². The zero-order valence-corrected chi connectivity index (χ0v) is 16.7. The minimum atomic E-state index is -1.68. The topological polar surface area (TPSA) is 0 Å². The van der Waals surface area contributed by atoms with Gasteiger partial charge in [0.2, 0.25) is 0 Å². The lowest BCUT2D eigenvalue weighted by Gasteiger charge is -2.24. The number of rotatable bonds is 3. The number of benzene rings is 3. The molecule has 1 unspecified atom stereocenters. The number of hydrogen-bond donors (Lipinski definition) is 0. The normalized spacial score (nSPS) is 12.2. The van der Waals surface area contributed by atoms with Crippen molar-refractivity contribution in [2.45, 2.75) is 26.2 Å². The minimum absolute atomic E-state index is 0.181. The predicted molar refractivity (Wildman–Crippen MR) is 114 cm³/mol. The summed E-state index contributed by atoms with van der Waals surface area (Å²) in [5.41, 5.74) is 1.56. The van der Waals surface area contributed by atoms with Crippen molar-refractivity contribution in [2.75, 3.05) is 0 Å². The molecular weight excluding hydrogens is 326 g/mol. The van der Waals surface area contributed by atoms with E-state index in [1.165, 1.54) is 21.5 Å². The average molecular weight is 351 g/mol. The van der Waals surface area contributed by atoms with Gasteiger partial charge in [0, 0.05) is 8.93 Å². The van der Waals surface area contributed by atoms with Crippen molar-refractivity contribution in [3.05, 3.63) is 90.5 Å². The van der Waals surface area contributed by atoms with E-state index >= 15 is 0 Å². The lowest BCUT2D eigenvalue weighted by Crippen LogP contribution is -2.27. The first-order valence-electron chi connectivity index (χ1n) is 8.32.